The van der Waals surface area contributed by atoms with Gasteiger partial charge in [-0.2, -0.15) is 0 Å². The number of nitrogens with one attached hydrogen (secondary N) is 2. The molecule has 7 nitrogen and oxygen atoms in total. The number of carbonyl (C=O) groups is 3. The number of imidazole rings is 1. The summed E-state index contributed by atoms with van der Waals surface area (Å²) in [5.41, 5.74) is 0.925. The Balaban J connectivity index is 2.21. The van der Waals surface area contributed by atoms with Gasteiger partial charge >= 0.3 is 0 Å². The highest BCUT2D eigenvalue weighted by Gasteiger charge is 2.17. The van der Waals surface area contributed by atoms with E-state index in [4.69, 9.17) is 5.11 Å². The van der Waals surface area contributed by atoms with Gasteiger partial charge in [-0.3, -0.25) is 14.4 Å². The predicted molar refractivity (Wildman–Crippen MR) is 84.9 cm³/mol. The molecule has 7 heteroatoms. The summed E-state index contributed by atoms with van der Waals surface area (Å²) < 4.78 is 0. The molecule has 0 bridgehead atoms. The van der Waals surface area contributed by atoms with Gasteiger partial charge in [0, 0.05) is 30.7 Å². The van der Waals surface area contributed by atoms with E-state index in [0.717, 1.165) is 5.69 Å². The highest BCUT2D eigenvalue weighted by Crippen LogP contribution is 2.10. The van der Waals surface area contributed by atoms with Crippen LogP contribution in [0.15, 0.2) is 12.5 Å². The Labute approximate surface area is 135 Å². The second-order valence-corrected chi connectivity index (χ2v) is 5.75. The lowest BCUT2D eigenvalue weighted by molar-refractivity contribution is -0.124. The van der Waals surface area contributed by atoms with Crippen molar-refractivity contribution in [1.29, 1.82) is 0 Å². The molecule has 1 heterocycles. The predicted octanol–water partition coefficient (Wildman–Crippen LogP) is 0.436. The van der Waals surface area contributed by atoms with Crippen molar-refractivity contribution < 1.29 is 19.5 Å². The van der Waals surface area contributed by atoms with Crippen LogP contribution >= 0.6 is 0 Å². The molecule has 0 saturated carbocycles. The smallest absolute Gasteiger partial charge is 0.174 e. The fraction of sp³-hybridized carbons (Fsp3) is 0.625. The van der Waals surface area contributed by atoms with Crippen LogP contribution in [0.3, 0.4) is 0 Å². The van der Waals surface area contributed by atoms with Crippen LogP contribution in [0, 0.1) is 5.92 Å². The molecule has 1 rings (SSSR count). The first kappa shape index (κ1) is 19.2. The van der Waals surface area contributed by atoms with Crippen LogP contribution in [0.4, 0.5) is 0 Å². The first-order valence-electron chi connectivity index (χ1n) is 7.82. The van der Waals surface area contributed by atoms with Crippen LogP contribution in [0.1, 0.15) is 38.8 Å². The zero-order valence-corrected chi connectivity index (χ0v) is 13.7. The Bertz CT molecular complexity index is 513. The molecule has 0 fully saturated rings. The van der Waals surface area contributed by atoms with Crippen molar-refractivity contribution in [2.75, 3.05) is 13.2 Å². The zero-order valence-electron chi connectivity index (χ0n) is 13.7. The molecular formula is C16H25N3O4. The number of Topliss-reactive ketones (excluding diaryl/α,β-unsaturated/α-hetero) is 3. The quantitative estimate of drug-likeness (QED) is 0.514. The van der Waals surface area contributed by atoms with Gasteiger partial charge in [-0.1, -0.05) is 6.92 Å². The minimum Gasteiger partial charge on any atom is -0.389 e. The molecule has 0 aliphatic heterocycles. The Morgan fingerprint density at radius 2 is 2.00 bits per heavy atom. The largest absolute Gasteiger partial charge is 0.389 e. The van der Waals surface area contributed by atoms with Gasteiger partial charge in [0.1, 0.15) is 18.2 Å². The lowest BCUT2D eigenvalue weighted by Gasteiger charge is -2.14. The van der Waals surface area contributed by atoms with Crippen LogP contribution in [0.2, 0.25) is 0 Å². The number of aryl methyl sites for hydroxylation is 1. The first-order valence-corrected chi connectivity index (χ1v) is 7.82. The molecule has 0 aliphatic rings. The molecule has 0 radical (unpaired) electrons. The van der Waals surface area contributed by atoms with Crippen molar-refractivity contribution in [2.24, 2.45) is 5.92 Å². The van der Waals surface area contributed by atoms with Gasteiger partial charge in [-0.25, -0.2) is 4.98 Å². The highest BCUT2D eigenvalue weighted by molar-refractivity contribution is 5.87. The molecule has 0 saturated heterocycles. The van der Waals surface area contributed by atoms with Crippen LogP contribution in [-0.2, 0) is 20.8 Å². The molecule has 3 N–H and O–H groups in total. The standard InChI is InChI=1S/C16H25N3O4/c1-11(15(22)8-18-12(2)16(23)9-20)3-5-14(21)6-4-13-7-17-10-19-13/h7,10-12,18,20H,3-6,8-9H2,1-2H3,(H,17,19)/t11-,12+/m1/s1. The van der Waals surface area contributed by atoms with Gasteiger partial charge in [0.25, 0.3) is 0 Å². The fourth-order valence-electron chi connectivity index (χ4n) is 2.04. The number of nitrogens with zero attached hydrogens (tertiary/aromatic N) is 1. The van der Waals surface area contributed by atoms with E-state index >= 15 is 0 Å². The number of hydrogen-bond donors (Lipinski definition) is 3. The molecule has 128 valence electrons. The normalized spacial score (nSPS) is 13.5. The van der Waals surface area contributed by atoms with E-state index in [2.05, 4.69) is 15.3 Å². The summed E-state index contributed by atoms with van der Waals surface area (Å²) in [5.74, 6) is -0.505. The van der Waals surface area contributed by atoms with E-state index in [1.54, 1.807) is 26.4 Å². The minimum atomic E-state index is -0.549. The number of ketones is 3. The van der Waals surface area contributed by atoms with E-state index in [1.165, 1.54) is 0 Å². The van der Waals surface area contributed by atoms with Crippen LogP contribution in [0.5, 0.6) is 0 Å². The van der Waals surface area contributed by atoms with Gasteiger partial charge < -0.3 is 15.4 Å². The highest BCUT2D eigenvalue weighted by atomic mass is 16.3. The topological polar surface area (TPSA) is 112 Å². The number of aromatic nitrogens is 2. The van der Waals surface area contributed by atoms with Gasteiger partial charge in [0.2, 0.25) is 0 Å². The number of rotatable bonds is 12. The van der Waals surface area contributed by atoms with Crippen molar-refractivity contribution in [2.45, 2.75) is 45.6 Å². The van der Waals surface area contributed by atoms with E-state index in [9.17, 15) is 14.4 Å². The Kier molecular flexibility index (Phi) is 8.36. The Morgan fingerprint density at radius 1 is 1.26 bits per heavy atom. The zero-order chi connectivity index (χ0) is 17.2. The fourth-order valence-corrected chi connectivity index (χ4v) is 2.04. The van der Waals surface area contributed by atoms with Crippen LogP contribution in [-0.4, -0.2) is 51.6 Å². The molecule has 23 heavy (non-hydrogen) atoms. The molecule has 0 aromatic carbocycles. The number of carbonyl (C=O) groups excluding carboxylic acids is 3. The SMILES string of the molecule is C[C@H](CCC(=O)CCc1cnc[nH]1)C(=O)CN[C@@H](C)C(=O)CO. The Morgan fingerprint density at radius 3 is 2.61 bits per heavy atom. The molecule has 0 spiro atoms. The average molecular weight is 323 g/mol. The van der Waals surface area contributed by atoms with E-state index in [0.29, 0.717) is 25.7 Å². The third kappa shape index (κ3) is 7.30. The number of H-pyrrole nitrogens is 1. The second-order valence-electron chi connectivity index (χ2n) is 5.75. The summed E-state index contributed by atoms with van der Waals surface area (Å²) >= 11 is 0. The third-order valence-corrected chi connectivity index (χ3v) is 3.86. The van der Waals surface area contributed by atoms with Gasteiger partial charge in [0.05, 0.1) is 18.9 Å². The van der Waals surface area contributed by atoms with E-state index in [1.807, 2.05) is 0 Å². The molecule has 1 aromatic rings. The van der Waals surface area contributed by atoms with Crippen LogP contribution in [0.25, 0.3) is 0 Å². The summed E-state index contributed by atoms with van der Waals surface area (Å²) in [6.07, 6.45) is 5.21. The average Bonchev–Trinajstić information content (AvgIpc) is 3.07. The van der Waals surface area contributed by atoms with Crippen molar-refractivity contribution in [3.05, 3.63) is 18.2 Å². The van der Waals surface area contributed by atoms with Crippen molar-refractivity contribution in [3.8, 4) is 0 Å². The summed E-state index contributed by atoms with van der Waals surface area (Å²) in [5, 5.41) is 11.5. The van der Waals surface area contributed by atoms with Crippen molar-refractivity contribution >= 4 is 17.3 Å². The summed E-state index contributed by atoms with van der Waals surface area (Å²) in [6, 6.07) is -0.549. The number of aromatic amines is 1. The molecular weight excluding hydrogens is 298 g/mol. The molecule has 0 aliphatic carbocycles. The van der Waals surface area contributed by atoms with E-state index < -0.39 is 12.6 Å². The summed E-state index contributed by atoms with van der Waals surface area (Å²) in [6.45, 7) is 2.92. The number of aliphatic hydroxyl groups excluding tert-OH is 1. The Hall–Kier alpha value is -1.86. The molecule has 0 unspecified atom stereocenters. The minimum absolute atomic E-state index is 0.0380. The monoisotopic (exact) mass is 323 g/mol. The van der Waals surface area contributed by atoms with Crippen molar-refractivity contribution in [3.63, 3.8) is 0 Å². The molecule has 1 aromatic heterocycles. The maximum atomic E-state index is 12.0. The first-order chi connectivity index (χ1) is 10.9. The van der Waals surface area contributed by atoms with Crippen molar-refractivity contribution in [1.82, 2.24) is 15.3 Å². The van der Waals surface area contributed by atoms with E-state index in [-0.39, 0.29) is 29.8 Å². The summed E-state index contributed by atoms with van der Waals surface area (Å²) in [4.78, 5) is 41.8. The maximum absolute atomic E-state index is 12.0. The lowest BCUT2D eigenvalue weighted by atomic mass is 9.97. The van der Waals surface area contributed by atoms with Gasteiger partial charge in [0.15, 0.2) is 5.78 Å². The number of aliphatic hydroxyl groups is 1. The molecule has 0 amide bonds. The third-order valence-electron chi connectivity index (χ3n) is 3.86. The summed E-state index contributed by atoms with van der Waals surface area (Å²) in [7, 11) is 0. The van der Waals surface area contributed by atoms with Crippen LogP contribution < -0.4 is 5.32 Å². The van der Waals surface area contributed by atoms with Gasteiger partial charge in [-0.05, 0) is 19.8 Å². The second kappa shape index (κ2) is 10.0. The molecule has 2 atom stereocenters. The number of hydrogen-bond acceptors (Lipinski definition) is 6. The lowest BCUT2D eigenvalue weighted by Crippen LogP contribution is -2.40. The van der Waals surface area contributed by atoms with Gasteiger partial charge in [-0.15, -0.1) is 0 Å². The maximum Gasteiger partial charge on any atom is 0.174 e.